The van der Waals surface area contributed by atoms with E-state index in [4.69, 9.17) is 21.1 Å². The van der Waals surface area contributed by atoms with Crippen molar-refractivity contribution in [2.45, 2.75) is 96.8 Å². The maximum atomic E-state index is 11.6. The van der Waals surface area contributed by atoms with Crippen LogP contribution in [-0.2, 0) is 19.1 Å². The molecule has 0 spiro atoms. The highest BCUT2D eigenvalue weighted by atomic mass is 35.5. The molecule has 0 saturated heterocycles. The minimum absolute atomic E-state index is 0.208. The normalized spacial score (nSPS) is 10.6. The first-order chi connectivity index (χ1) is 12.2. The van der Waals surface area contributed by atoms with Crippen LogP contribution in [0.3, 0.4) is 0 Å². The van der Waals surface area contributed by atoms with Crippen LogP contribution in [-0.4, -0.2) is 31.0 Å². The smallest absolute Gasteiger partial charge is 0.305 e. The molecular weight excluding hydrogens is 340 g/mol. The Morgan fingerprint density at radius 3 is 1.56 bits per heavy atom. The van der Waals surface area contributed by atoms with E-state index in [0.29, 0.717) is 32.5 Å². The zero-order valence-corrected chi connectivity index (χ0v) is 16.8. The van der Waals surface area contributed by atoms with Crippen LogP contribution in [0.4, 0.5) is 0 Å². The lowest BCUT2D eigenvalue weighted by Gasteiger charge is -2.06. The van der Waals surface area contributed by atoms with E-state index in [2.05, 4.69) is 6.92 Å². The first kappa shape index (κ1) is 24.2. The standard InChI is InChI=1S/C20H37ClO4/c1-2-3-11-17-24-19(22)14-13-15-20(23)25-18-12-9-7-5-4-6-8-10-16-21/h2-18H2,1H3. The lowest BCUT2D eigenvalue weighted by Crippen LogP contribution is -2.09. The summed E-state index contributed by atoms with van der Waals surface area (Å²) in [5.41, 5.74) is 0. The lowest BCUT2D eigenvalue weighted by atomic mass is 10.1. The van der Waals surface area contributed by atoms with Crippen molar-refractivity contribution in [3.63, 3.8) is 0 Å². The average Bonchev–Trinajstić information content (AvgIpc) is 2.60. The third kappa shape index (κ3) is 19.4. The average molecular weight is 377 g/mol. The maximum Gasteiger partial charge on any atom is 0.305 e. The first-order valence-electron chi connectivity index (χ1n) is 10.1. The minimum Gasteiger partial charge on any atom is -0.466 e. The predicted molar refractivity (Wildman–Crippen MR) is 103 cm³/mol. The number of hydrogen-bond acceptors (Lipinski definition) is 4. The maximum absolute atomic E-state index is 11.6. The molecule has 0 unspecified atom stereocenters. The minimum atomic E-state index is -0.213. The van der Waals surface area contributed by atoms with Crippen LogP contribution in [0.1, 0.15) is 96.8 Å². The third-order valence-corrected chi connectivity index (χ3v) is 4.33. The van der Waals surface area contributed by atoms with Gasteiger partial charge in [0.05, 0.1) is 13.2 Å². The number of rotatable bonds is 18. The second-order valence-corrected chi connectivity index (χ2v) is 6.90. The molecule has 0 fully saturated rings. The molecule has 0 saturated carbocycles. The molecule has 0 aliphatic carbocycles. The van der Waals surface area contributed by atoms with E-state index in [9.17, 15) is 9.59 Å². The fourth-order valence-corrected chi connectivity index (χ4v) is 2.69. The number of ether oxygens (including phenoxy) is 2. The molecule has 0 N–H and O–H groups in total. The zero-order chi connectivity index (χ0) is 18.6. The summed E-state index contributed by atoms with van der Waals surface area (Å²) in [6, 6.07) is 0. The fraction of sp³-hybridized carbons (Fsp3) is 0.900. The van der Waals surface area contributed by atoms with Crippen LogP contribution in [0, 0.1) is 0 Å². The second-order valence-electron chi connectivity index (χ2n) is 6.52. The summed E-state index contributed by atoms with van der Waals surface area (Å²) < 4.78 is 10.3. The summed E-state index contributed by atoms with van der Waals surface area (Å²) in [6.07, 6.45) is 13.6. The van der Waals surface area contributed by atoms with Gasteiger partial charge in [0.15, 0.2) is 0 Å². The monoisotopic (exact) mass is 376 g/mol. The van der Waals surface area contributed by atoms with E-state index in [1.54, 1.807) is 0 Å². The van der Waals surface area contributed by atoms with Gasteiger partial charge in [-0.05, 0) is 25.7 Å². The van der Waals surface area contributed by atoms with Crippen molar-refractivity contribution in [3.05, 3.63) is 0 Å². The molecule has 0 aliphatic heterocycles. The first-order valence-corrected chi connectivity index (χ1v) is 10.6. The second kappa shape index (κ2) is 19.6. The van der Waals surface area contributed by atoms with Crippen LogP contribution in [0.5, 0.6) is 0 Å². The Morgan fingerprint density at radius 2 is 1.08 bits per heavy atom. The van der Waals surface area contributed by atoms with Crippen molar-refractivity contribution in [2.75, 3.05) is 19.1 Å². The molecule has 25 heavy (non-hydrogen) atoms. The van der Waals surface area contributed by atoms with E-state index in [1.165, 1.54) is 32.1 Å². The van der Waals surface area contributed by atoms with Gasteiger partial charge in [0.25, 0.3) is 0 Å². The highest BCUT2D eigenvalue weighted by molar-refractivity contribution is 6.17. The quantitative estimate of drug-likeness (QED) is 0.172. The fourth-order valence-electron chi connectivity index (χ4n) is 2.50. The summed E-state index contributed by atoms with van der Waals surface area (Å²) in [4.78, 5) is 23.0. The molecular formula is C20H37ClO4. The molecule has 0 radical (unpaired) electrons. The molecule has 0 aromatic rings. The number of halogens is 1. The number of esters is 2. The van der Waals surface area contributed by atoms with Gasteiger partial charge in [-0.2, -0.15) is 0 Å². The van der Waals surface area contributed by atoms with Crippen molar-refractivity contribution in [2.24, 2.45) is 0 Å². The zero-order valence-electron chi connectivity index (χ0n) is 16.0. The highest BCUT2D eigenvalue weighted by Gasteiger charge is 2.07. The molecule has 0 atom stereocenters. The highest BCUT2D eigenvalue weighted by Crippen LogP contribution is 2.09. The third-order valence-electron chi connectivity index (χ3n) is 4.06. The Hall–Kier alpha value is -0.770. The number of carbonyl (C=O) groups is 2. The number of carbonyl (C=O) groups excluding carboxylic acids is 2. The summed E-state index contributed by atoms with van der Waals surface area (Å²) in [5.74, 6) is 0.348. The van der Waals surface area contributed by atoms with Gasteiger partial charge in [-0.25, -0.2) is 0 Å². The number of unbranched alkanes of at least 4 members (excludes halogenated alkanes) is 9. The summed E-state index contributed by atoms with van der Waals surface area (Å²) in [7, 11) is 0. The van der Waals surface area contributed by atoms with Crippen molar-refractivity contribution >= 4 is 23.5 Å². The van der Waals surface area contributed by atoms with Gasteiger partial charge in [0.2, 0.25) is 0 Å². The van der Waals surface area contributed by atoms with Crippen LogP contribution in [0.2, 0.25) is 0 Å². The van der Waals surface area contributed by atoms with E-state index < -0.39 is 0 Å². The van der Waals surface area contributed by atoms with Gasteiger partial charge in [0.1, 0.15) is 0 Å². The van der Waals surface area contributed by atoms with E-state index in [1.807, 2.05) is 0 Å². The Bertz CT molecular complexity index is 321. The summed E-state index contributed by atoms with van der Waals surface area (Å²) in [6.45, 7) is 3.09. The van der Waals surface area contributed by atoms with E-state index >= 15 is 0 Å². The van der Waals surface area contributed by atoms with Crippen LogP contribution in [0.15, 0.2) is 0 Å². The van der Waals surface area contributed by atoms with Crippen LogP contribution >= 0.6 is 11.6 Å². The molecule has 0 rings (SSSR count). The van der Waals surface area contributed by atoms with Crippen LogP contribution in [0.25, 0.3) is 0 Å². The van der Waals surface area contributed by atoms with Crippen molar-refractivity contribution in [3.8, 4) is 0 Å². The summed E-state index contributed by atoms with van der Waals surface area (Å²) in [5, 5.41) is 0. The molecule has 0 amide bonds. The van der Waals surface area contributed by atoms with Crippen LogP contribution < -0.4 is 0 Å². The topological polar surface area (TPSA) is 52.6 Å². The van der Waals surface area contributed by atoms with Crippen molar-refractivity contribution in [1.82, 2.24) is 0 Å². The van der Waals surface area contributed by atoms with Crippen molar-refractivity contribution in [1.29, 1.82) is 0 Å². The molecule has 0 aliphatic rings. The molecule has 148 valence electrons. The SMILES string of the molecule is CCCCCOC(=O)CCCC(=O)OCCCCCCCCCCCl. The lowest BCUT2D eigenvalue weighted by molar-refractivity contribution is -0.145. The Kier molecular flexibility index (Phi) is 19.0. The summed E-state index contributed by atoms with van der Waals surface area (Å²) >= 11 is 5.64. The Labute approximate surface area is 159 Å². The van der Waals surface area contributed by atoms with Gasteiger partial charge in [-0.3, -0.25) is 9.59 Å². The largest absolute Gasteiger partial charge is 0.466 e. The molecule has 4 nitrogen and oxygen atoms in total. The predicted octanol–water partition coefficient (Wildman–Crippen LogP) is 5.79. The van der Waals surface area contributed by atoms with Crippen molar-refractivity contribution < 1.29 is 19.1 Å². The molecule has 5 heteroatoms. The number of hydrogen-bond donors (Lipinski definition) is 0. The van der Waals surface area contributed by atoms with Gasteiger partial charge in [0, 0.05) is 18.7 Å². The molecule has 0 aromatic heterocycles. The Balaban J connectivity index is 3.29. The van der Waals surface area contributed by atoms with Gasteiger partial charge in [-0.1, -0.05) is 58.3 Å². The number of alkyl halides is 1. The van der Waals surface area contributed by atoms with E-state index in [-0.39, 0.29) is 11.9 Å². The van der Waals surface area contributed by atoms with Gasteiger partial charge < -0.3 is 9.47 Å². The Morgan fingerprint density at radius 1 is 0.640 bits per heavy atom. The van der Waals surface area contributed by atoms with Gasteiger partial charge >= 0.3 is 11.9 Å². The van der Waals surface area contributed by atoms with Gasteiger partial charge in [-0.15, -0.1) is 11.6 Å². The molecule has 0 bridgehead atoms. The molecule has 0 aromatic carbocycles. The molecule has 0 heterocycles. The van der Waals surface area contributed by atoms with E-state index in [0.717, 1.165) is 44.4 Å².